The predicted molar refractivity (Wildman–Crippen MR) is 125 cm³/mol. The normalized spacial score (nSPS) is 18.6. The highest BCUT2D eigenvalue weighted by atomic mass is 79.9. The Morgan fingerprint density at radius 3 is 2.72 bits per heavy atom. The van der Waals surface area contributed by atoms with Gasteiger partial charge < -0.3 is 9.84 Å². The fourth-order valence-corrected chi connectivity index (χ4v) is 5.32. The van der Waals surface area contributed by atoms with E-state index in [-0.39, 0.29) is 11.9 Å². The summed E-state index contributed by atoms with van der Waals surface area (Å²) in [7, 11) is 1.61. The fourth-order valence-electron chi connectivity index (χ4n) is 3.37. The zero-order valence-corrected chi connectivity index (χ0v) is 19.6. The number of halogens is 1. The van der Waals surface area contributed by atoms with E-state index in [1.54, 1.807) is 18.9 Å². The number of methoxy groups -OCH3 is 1. The molecule has 2 aromatic carbocycles. The summed E-state index contributed by atoms with van der Waals surface area (Å²) in [5.41, 5.74) is 2.10. The molecule has 0 aromatic heterocycles. The molecular weight excluding hydrogens is 470 g/mol. The van der Waals surface area contributed by atoms with Gasteiger partial charge in [-0.1, -0.05) is 83.2 Å². The number of carbonyl (C=O) groups excluding carboxylic acids is 1. The van der Waals surface area contributed by atoms with E-state index in [1.165, 1.54) is 17.3 Å². The monoisotopic (exact) mass is 493 g/mol. The fraction of sp³-hybridized carbons (Fsp3) is 0.364. The lowest BCUT2D eigenvalue weighted by atomic mass is 9.95. The summed E-state index contributed by atoms with van der Waals surface area (Å²) in [6, 6.07) is 15.7. The van der Waals surface area contributed by atoms with Gasteiger partial charge in [0.15, 0.2) is 0 Å². The molecule has 0 saturated carbocycles. The van der Waals surface area contributed by atoms with Gasteiger partial charge >= 0.3 is 0 Å². The first kappa shape index (κ1) is 22.3. The molecule has 3 atom stereocenters. The maximum absolute atomic E-state index is 13.2. The lowest BCUT2D eigenvalue weighted by Crippen LogP contribution is -2.45. The lowest BCUT2D eigenvalue weighted by Gasteiger charge is -2.29. The Morgan fingerprint density at radius 2 is 2.07 bits per heavy atom. The maximum Gasteiger partial charge on any atom is 0.233 e. The van der Waals surface area contributed by atoms with Crippen LogP contribution in [-0.4, -0.2) is 45.2 Å². The number of carbonyl (C=O) groups is 1. The molecular formula is C22H24BrNO3S2. The van der Waals surface area contributed by atoms with Gasteiger partial charge in [0, 0.05) is 16.6 Å². The van der Waals surface area contributed by atoms with Crippen LogP contribution in [0, 0.1) is 5.92 Å². The smallest absolute Gasteiger partial charge is 0.233 e. The number of rotatable bonds is 7. The van der Waals surface area contributed by atoms with Crippen LogP contribution in [0.25, 0.3) is 0 Å². The minimum Gasteiger partial charge on any atom is -0.497 e. The summed E-state index contributed by atoms with van der Waals surface area (Å²) < 4.78 is 6.66. The Bertz CT molecular complexity index is 878. The van der Waals surface area contributed by atoms with E-state index in [9.17, 15) is 9.90 Å². The van der Waals surface area contributed by atoms with E-state index < -0.39 is 12.0 Å². The maximum atomic E-state index is 13.2. The molecule has 29 heavy (non-hydrogen) atoms. The molecule has 0 bridgehead atoms. The van der Waals surface area contributed by atoms with Crippen LogP contribution < -0.4 is 4.74 Å². The molecule has 1 aliphatic heterocycles. The molecule has 1 fully saturated rings. The Hall–Kier alpha value is -1.41. The summed E-state index contributed by atoms with van der Waals surface area (Å²) in [6.07, 6.45) is 0.319. The molecule has 154 valence electrons. The average molecular weight is 494 g/mol. The first-order valence-electron chi connectivity index (χ1n) is 9.45. The van der Waals surface area contributed by atoms with Gasteiger partial charge in [0.25, 0.3) is 0 Å². The number of thiocarbonyl (C=S) groups is 1. The summed E-state index contributed by atoms with van der Waals surface area (Å²) in [5.74, 6) is 0.853. The molecule has 0 aliphatic carbocycles. The number of ether oxygens (including phenoxy) is 1. The second-order valence-corrected chi connectivity index (χ2v) is 9.65. The van der Waals surface area contributed by atoms with Crippen molar-refractivity contribution in [3.8, 4) is 5.75 Å². The van der Waals surface area contributed by atoms with Crippen LogP contribution in [0.3, 0.4) is 0 Å². The second kappa shape index (κ2) is 10.1. The van der Waals surface area contributed by atoms with E-state index in [4.69, 9.17) is 17.0 Å². The van der Waals surface area contributed by atoms with E-state index in [2.05, 4.69) is 28.1 Å². The van der Waals surface area contributed by atoms with Crippen molar-refractivity contribution < 1.29 is 14.6 Å². The van der Waals surface area contributed by atoms with Crippen LogP contribution in [-0.2, 0) is 17.6 Å². The van der Waals surface area contributed by atoms with Gasteiger partial charge in [0.2, 0.25) is 5.91 Å². The van der Waals surface area contributed by atoms with Gasteiger partial charge in [-0.2, -0.15) is 0 Å². The van der Waals surface area contributed by atoms with Crippen LogP contribution in [0.15, 0.2) is 53.0 Å². The molecule has 7 heteroatoms. The van der Waals surface area contributed by atoms with Crippen molar-refractivity contribution in [2.45, 2.75) is 31.9 Å². The zero-order chi connectivity index (χ0) is 21.0. The third-order valence-corrected chi connectivity index (χ3v) is 7.45. The van der Waals surface area contributed by atoms with Gasteiger partial charge in [0.05, 0.1) is 25.2 Å². The van der Waals surface area contributed by atoms with Gasteiger partial charge in [-0.05, 0) is 29.7 Å². The van der Waals surface area contributed by atoms with Gasteiger partial charge in [-0.15, -0.1) is 0 Å². The van der Waals surface area contributed by atoms with E-state index in [1.807, 2.05) is 36.4 Å². The number of aliphatic hydroxyl groups excluding tert-OH is 1. The van der Waals surface area contributed by atoms with Crippen LogP contribution in [0.1, 0.15) is 18.1 Å². The quantitative estimate of drug-likeness (QED) is 0.576. The molecule has 2 aromatic rings. The van der Waals surface area contributed by atoms with Gasteiger partial charge in [-0.25, -0.2) is 0 Å². The molecule has 1 saturated heterocycles. The molecule has 1 amide bonds. The van der Waals surface area contributed by atoms with Crippen molar-refractivity contribution in [3.63, 3.8) is 0 Å². The highest BCUT2D eigenvalue weighted by Gasteiger charge is 2.38. The number of thioether (sulfide) groups is 1. The van der Waals surface area contributed by atoms with Crippen LogP contribution in [0.5, 0.6) is 5.75 Å². The molecule has 1 N–H and O–H groups in total. The molecule has 0 spiro atoms. The van der Waals surface area contributed by atoms with Crippen molar-refractivity contribution in [3.05, 3.63) is 64.1 Å². The Labute approximate surface area is 189 Å². The minimum atomic E-state index is -0.807. The minimum absolute atomic E-state index is 0.0183. The van der Waals surface area contributed by atoms with Crippen molar-refractivity contribution in [2.24, 2.45) is 5.92 Å². The topological polar surface area (TPSA) is 49.8 Å². The number of aliphatic hydroxyl groups is 1. The highest BCUT2D eigenvalue weighted by molar-refractivity contribution is 9.10. The number of hydrogen-bond donors (Lipinski definition) is 1. The zero-order valence-electron chi connectivity index (χ0n) is 16.4. The summed E-state index contributed by atoms with van der Waals surface area (Å²) in [4.78, 5) is 14.9. The highest BCUT2D eigenvalue weighted by Crippen LogP contribution is 2.30. The Morgan fingerprint density at radius 1 is 1.34 bits per heavy atom. The van der Waals surface area contributed by atoms with Crippen molar-refractivity contribution in [1.29, 1.82) is 0 Å². The number of benzene rings is 2. The first-order valence-corrected chi connectivity index (χ1v) is 11.6. The van der Waals surface area contributed by atoms with Crippen LogP contribution in [0.4, 0.5) is 0 Å². The van der Waals surface area contributed by atoms with Crippen molar-refractivity contribution >= 4 is 50.1 Å². The molecule has 1 aliphatic rings. The molecule has 1 heterocycles. The Balaban J connectivity index is 1.69. The SMILES string of the molecule is COc1ccc(C[C@H](O)[C@@H](C)C(=O)N2C(=S)SC[C@H]2Cc2ccccc2)c(Br)c1. The van der Waals surface area contributed by atoms with Gasteiger partial charge in [-0.3, -0.25) is 9.69 Å². The molecule has 0 unspecified atom stereocenters. The van der Waals surface area contributed by atoms with Crippen LogP contribution >= 0.6 is 39.9 Å². The van der Waals surface area contributed by atoms with Crippen molar-refractivity contribution in [2.75, 3.05) is 12.9 Å². The summed E-state index contributed by atoms with van der Waals surface area (Å²) in [6.45, 7) is 1.77. The number of amides is 1. The van der Waals surface area contributed by atoms with E-state index in [0.29, 0.717) is 10.7 Å². The second-order valence-electron chi connectivity index (χ2n) is 7.15. The standard InChI is InChI=1S/C22H24BrNO3S2/c1-14(20(25)11-16-8-9-18(27-2)12-19(16)23)21(26)24-17(13-29-22(24)28)10-15-6-4-3-5-7-15/h3-9,12,14,17,20,25H,10-11,13H2,1-2H3/t14-,17-,20+/m1/s1. The number of hydrogen-bond acceptors (Lipinski definition) is 5. The summed E-state index contributed by atoms with van der Waals surface area (Å²) in [5, 5.41) is 10.8. The lowest BCUT2D eigenvalue weighted by molar-refractivity contribution is -0.135. The van der Waals surface area contributed by atoms with Gasteiger partial charge in [0.1, 0.15) is 10.1 Å². The Kier molecular flexibility index (Phi) is 7.73. The molecule has 3 rings (SSSR count). The van der Waals surface area contributed by atoms with E-state index in [0.717, 1.165) is 28.0 Å². The predicted octanol–water partition coefficient (Wildman–Crippen LogP) is 4.47. The van der Waals surface area contributed by atoms with E-state index >= 15 is 0 Å². The largest absolute Gasteiger partial charge is 0.497 e. The number of nitrogens with zero attached hydrogens (tertiary/aromatic N) is 1. The molecule has 4 nitrogen and oxygen atoms in total. The third-order valence-electron chi connectivity index (χ3n) is 5.17. The summed E-state index contributed by atoms with van der Waals surface area (Å²) >= 11 is 10.5. The molecule has 0 radical (unpaired) electrons. The van der Waals surface area contributed by atoms with Crippen LogP contribution in [0.2, 0.25) is 0 Å². The van der Waals surface area contributed by atoms with Crippen molar-refractivity contribution in [1.82, 2.24) is 4.90 Å². The average Bonchev–Trinajstić information content (AvgIpc) is 3.08. The first-order chi connectivity index (χ1) is 13.9. The third kappa shape index (κ3) is 5.40.